The number of thiazole rings is 1. The van der Waals surface area contributed by atoms with Crippen molar-refractivity contribution in [3.63, 3.8) is 0 Å². The minimum atomic E-state index is 0.434. The minimum Gasteiger partial charge on any atom is -0.496 e. The van der Waals surface area contributed by atoms with Gasteiger partial charge in [0.2, 0.25) is 0 Å². The van der Waals surface area contributed by atoms with Crippen molar-refractivity contribution in [1.29, 1.82) is 5.26 Å². The first-order chi connectivity index (χ1) is 9.06. The van der Waals surface area contributed by atoms with Gasteiger partial charge in [-0.3, -0.25) is 0 Å². The first-order valence-corrected chi connectivity index (χ1v) is 7.42. The number of halogens is 1. The van der Waals surface area contributed by atoms with Crippen molar-refractivity contribution in [3.8, 4) is 22.4 Å². The summed E-state index contributed by atoms with van der Waals surface area (Å²) in [6.45, 7) is 4.29. The van der Waals surface area contributed by atoms with Crippen LogP contribution in [0.3, 0.4) is 0 Å². The van der Waals surface area contributed by atoms with Crippen LogP contribution in [0, 0.1) is 11.3 Å². The molecule has 98 valence electrons. The van der Waals surface area contributed by atoms with Crippen molar-refractivity contribution < 1.29 is 4.74 Å². The molecule has 1 aromatic heterocycles. The Balaban J connectivity index is 2.58. The lowest BCUT2D eigenvalue weighted by Gasteiger charge is -2.11. The van der Waals surface area contributed by atoms with Gasteiger partial charge in [0.15, 0.2) is 0 Å². The maximum Gasteiger partial charge on any atom is 0.139 e. The second-order valence-electron chi connectivity index (χ2n) is 4.37. The van der Waals surface area contributed by atoms with E-state index in [-0.39, 0.29) is 0 Å². The third-order valence-corrected chi connectivity index (χ3v) is 4.64. The molecule has 0 fully saturated rings. The molecule has 19 heavy (non-hydrogen) atoms. The van der Waals surface area contributed by atoms with Gasteiger partial charge in [-0.2, -0.15) is 5.26 Å². The summed E-state index contributed by atoms with van der Waals surface area (Å²) in [6, 6.07) is 8.21. The third-order valence-electron chi connectivity index (χ3n) is 2.81. The molecule has 2 rings (SSSR count). The molecule has 0 atom stereocenters. The zero-order chi connectivity index (χ0) is 14.0. The number of ether oxygens (including phenoxy) is 1. The second kappa shape index (κ2) is 5.72. The largest absolute Gasteiger partial charge is 0.496 e. The summed E-state index contributed by atoms with van der Waals surface area (Å²) in [5, 5.41) is 9.80. The van der Waals surface area contributed by atoms with Crippen LogP contribution >= 0.6 is 27.3 Å². The lowest BCUT2D eigenvalue weighted by molar-refractivity contribution is 0.416. The maximum atomic E-state index is 9.01. The van der Waals surface area contributed by atoms with Gasteiger partial charge in [0.25, 0.3) is 0 Å². The molecule has 0 N–H and O–H groups in total. The van der Waals surface area contributed by atoms with Gasteiger partial charge in [0.1, 0.15) is 26.3 Å². The summed E-state index contributed by atoms with van der Waals surface area (Å²) in [5.41, 5.74) is 2.15. The van der Waals surface area contributed by atoms with Crippen LogP contribution in [0.2, 0.25) is 0 Å². The van der Waals surface area contributed by atoms with Crippen molar-refractivity contribution in [3.05, 3.63) is 33.2 Å². The van der Waals surface area contributed by atoms with Gasteiger partial charge < -0.3 is 4.74 Å². The molecule has 0 aliphatic rings. The molecule has 2 aromatic rings. The maximum absolute atomic E-state index is 9.01. The first-order valence-electron chi connectivity index (χ1n) is 5.81. The zero-order valence-corrected chi connectivity index (χ0v) is 13.3. The molecule has 0 amide bonds. The number of nitrogens with zero attached hydrogens (tertiary/aromatic N) is 2. The van der Waals surface area contributed by atoms with Crippen molar-refractivity contribution >= 4 is 27.3 Å². The van der Waals surface area contributed by atoms with Crippen LogP contribution in [-0.2, 0) is 0 Å². The fourth-order valence-electron chi connectivity index (χ4n) is 1.74. The van der Waals surface area contributed by atoms with Crippen LogP contribution < -0.4 is 4.74 Å². The average Bonchev–Trinajstić information content (AvgIpc) is 2.79. The highest BCUT2D eigenvalue weighted by Gasteiger charge is 2.15. The van der Waals surface area contributed by atoms with E-state index >= 15 is 0 Å². The Morgan fingerprint density at radius 2 is 2.16 bits per heavy atom. The summed E-state index contributed by atoms with van der Waals surface area (Å²) in [6.07, 6.45) is 0. The molecular formula is C14H13BrN2OS. The molecule has 1 aromatic carbocycles. The Morgan fingerprint density at radius 3 is 2.68 bits per heavy atom. The number of benzene rings is 1. The highest BCUT2D eigenvalue weighted by Crippen LogP contribution is 2.37. The molecule has 0 aliphatic heterocycles. The van der Waals surface area contributed by atoms with Gasteiger partial charge in [0, 0.05) is 0 Å². The summed E-state index contributed by atoms with van der Waals surface area (Å²) in [4.78, 5) is 4.97. The van der Waals surface area contributed by atoms with E-state index in [0.717, 1.165) is 16.3 Å². The monoisotopic (exact) mass is 336 g/mol. The van der Waals surface area contributed by atoms with E-state index in [1.807, 2.05) is 6.07 Å². The third kappa shape index (κ3) is 2.80. The van der Waals surface area contributed by atoms with E-state index in [4.69, 9.17) is 10.00 Å². The van der Waals surface area contributed by atoms with Crippen LogP contribution in [-0.4, -0.2) is 12.1 Å². The molecular weight excluding hydrogens is 324 g/mol. The topological polar surface area (TPSA) is 45.9 Å². The van der Waals surface area contributed by atoms with E-state index < -0.39 is 0 Å². The lowest BCUT2D eigenvalue weighted by Crippen LogP contribution is -1.92. The number of nitriles is 1. The summed E-state index contributed by atoms with van der Waals surface area (Å²) in [7, 11) is 1.64. The van der Waals surface area contributed by atoms with E-state index in [9.17, 15) is 0 Å². The quantitative estimate of drug-likeness (QED) is 0.824. The lowest BCUT2D eigenvalue weighted by atomic mass is 10.0. The minimum absolute atomic E-state index is 0.434. The van der Waals surface area contributed by atoms with Crippen molar-refractivity contribution in [2.75, 3.05) is 7.11 Å². The van der Waals surface area contributed by atoms with Crippen LogP contribution in [0.25, 0.3) is 10.6 Å². The molecule has 0 saturated carbocycles. The Hall–Kier alpha value is -1.38. The Kier molecular flexibility index (Phi) is 4.23. The Morgan fingerprint density at radius 1 is 1.42 bits per heavy atom. The van der Waals surface area contributed by atoms with Crippen LogP contribution in [0.5, 0.6) is 5.75 Å². The van der Waals surface area contributed by atoms with Crippen molar-refractivity contribution in [2.24, 2.45) is 0 Å². The zero-order valence-electron chi connectivity index (χ0n) is 10.9. The fraction of sp³-hybridized carbons (Fsp3) is 0.286. The first kappa shape index (κ1) is 14.0. The normalized spacial score (nSPS) is 10.5. The number of methoxy groups -OCH3 is 1. The smallest absolute Gasteiger partial charge is 0.139 e. The van der Waals surface area contributed by atoms with E-state index in [1.54, 1.807) is 7.11 Å². The number of rotatable bonds is 3. The number of hydrogen-bond donors (Lipinski definition) is 0. The highest BCUT2D eigenvalue weighted by molar-refractivity contribution is 9.10. The van der Waals surface area contributed by atoms with Crippen molar-refractivity contribution in [1.82, 2.24) is 4.98 Å². The number of aromatic nitrogens is 1. The van der Waals surface area contributed by atoms with E-state index in [1.165, 1.54) is 16.9 Å². The summed E-state index contributed by atoms with van der Waals surface area (Å²) < 4.78 is 5.98. The molecule has 0 bridgehead atoms. The highest BCUT2D eigenvalue weighted by atomic mass is 79.9. The molecule has 1 heterocycles. The Labute approximate surface area is 125 Å². The van der Waals surface area contributed by atoms with Gasteiger partial charge in [0.05, 0.1) is 12.7 Å². The van der Waals surface area contributed by atoms with Gasteiger partial charge in [-0.05, 0) is 39.5 Å². The fourth-order valence-corrected chi connectivity index (χ4v) is 3.14. The standard InChI is InChI=1S/C14H13BrN2OS/c1-8(2)9-4-5-11(18-3)10(6-9)14-17-13(15)12(7-16)19-14/h4-6,8H,1-3H3. The molecule has 0 aliphatic carbocycles. The summed E-state index contributed by atoms with van der Waals surface area (Å²) >= 11 is 4.67. The SMILES string of the molecule is COc1ccc(C(C)C)cc1-c1nc(Br)c(C#N)s1. The molecule has 5 heteroatoms. The van der Waals surface area contributed by atoms with Gasteiger partial charge in [-0.1, -0.05) is 19.9 Å². The molecule has 3 nitrogen and oxygen atoms in total. The van der Waals surface area contributed by atoms with Crippen molar-refractivity contribution in [2.45, 2.75) is 19.8 Å². The van der Waals surface area contributed by atoms with E-state index in [2.05, 4.69) is 53.0 Å². The predicted octanol–water partition coefficient (Wildman–Crippen LogP) is 4.58. The molecule has 0 spiro atoms. The number of hydrogen-bond acceptors (Lipinski definition) is 4. The van der Waals surface area contributed by atoms with Gasteiger partial charge in [-0.25, -0.2) is 4.98 Å². The van der Waals surface area contributed by atoms with E-state index in [0.29, 0.717) is 15.4 Å². The van der Waals surface area contributed by atoms with Crippen LogP contribution in [0.15, 0.2) is 22.8 Å². The molecule has 0 unspecified atom stereocenters. The average molecular weight is 337 g/mol. The van der Waals surface area contributed by atoms with Gasteiger partial charge in [-0.15, -0.1) is 11.3 Å². The van der Waals surface area contributed by atoms with Crippen LogP contribution in [0.1, 0.15) is 30.2 Å². The molecule has 0 saturated heterocycles. The summed E-state index contributed by atoms with van der Waals surface area (Å²) in [5.74, 6) is 1.21. The Bertz CT molecular complexity index is 643. The van der Waals surface area contributed by atoms with Crippen LogP contribution in [0.4, 0.5) is 0 Å². The molecule has 0 radical (unpaired) electrons. The predicted molar refractivity (Wildman–Crippen MR) is 80.6 cm³/mol. The van der Waals surface area contributed by atoms with Gasteiger partial charge >= 0.3 is 0 Å². The second-order valence-corrected chi connectivity index (χ2v) is 6.12.